The minimum absolute atomic E-state index is 0.765. The summed E-state index contributed by atoms with van der Waals surface area (Å²) in [5.74, 6) is 2.67. The minimum atomic E-state index is 0.765. The van der Waals surface area contributed by atoms with Crippen LogP contribution in [0.5, 0.6) is 5.75 Å². The summed E-state index contributed by atoms with van der Waals surface area (Å²) in [7, 11) is 0. The van der Waals surface area contributed by atoms with E-state index in [1.807, 2.05) is 0 Å². The van der Waals surface area contributed by atoms with Gasteiger partial charge in [-0.25, -0.2) is 0 Å². The average Bonchev–Trinajstić information content (AvgIpc) is 2.53. The lowest BCUT2D eigenvalue weighted by atomic mass is 9.79. The molecule has 3 rings (SSSR count). The normalized spacial score (nSPS) is 22.4. The molecule has 1 fully saturated rings. The summed E-state index contributed by atoms with van der Waals surface area (Å²) in [6.07, 6.45) is 6.52. The number of ether oxygens (including phenoxy) is 1. The summed E-state index contributed by atoms with van der Waals surface area (Å²) < 4.78 is 5.72. The molecule has 0 atom stereocenters. The van der Waals surface area contributed by atoms with E-state index in [1.165, 1.54) is 42.0 Å². The molecule has 0 saturated heterocycles. The van der Waals surface area contributed by atoms with Gasteiger partial charge in [0.15, 0.2) is 0 Å². The first-order chi connectivity index (χ1) is 10.3. The molecule has 0 heterocycles. The van der Waals surface area contributed by atoms with Gasteiger partial charge in [-0.3, -0.25) is 0 Å². The van der Waals surface area contributed by atoms with E-state index in [2.05, 4.69) is 50.2 Å². The number of hydrogen-bond donors (Lipinski definition) is 0. The van der Waals surface area contributed by atoms with Crippen LogP contribution in [0.1, 0.15) is 57.4 Å². The zero-order chi connectivity index (χ0) is 14.7. The number of benzene rings is 2. The third-order valence-corrected chi connectivity index (χ3v) is 4.80. The average molecular weight is 282 g/mol. The Morgan fingerprint density at radius 1 is 0.952 bits per heavy atom. The Balaban J connectivity index is 1.80. The van der Waals surface area contributed by atoms with Crippen LogP contribution in [-0.2, 0) is 0 Å². The largest absolute Gasteiger partial charge is 0.494 e. The van der Waals surface area contributed by atoms with Crippen LogP contribution < -0.4 is 4.74 Å². The lowest BCUT2D eigenvalue weighted by molar-refractivity contribution is 0.318. The summed E-state index contributed by atoms with van der Waals surface area (Å²) in [5.41, 5.74) is 1.52. The Bertz CT molecular complexity index is 594. The van der Waals surface area contributed by atoms with Gasteiger partial charge in [0.1, 0.15) is 5.75 Å². The Morgan fingerprint density at radius 2 is 1.67 bits per heavy atom. The second kappa shape index (κ2) is 6.51. The van der Waals surface area contributed by atoms with Crippen molar-refractivity contribution in [2.75, 3.05) is 6.61 Å². The minimum Gasteiger partial charge on any atom is -0.494 e. The molecule has 1 heteroatoms. The monoisotopic (exact) mass is 282 g/mol. The molecular formula is C20H26O. The standard InChI is InChI=1S/C20H26O/c1-3-12-21-20-11-10-18-13-17(8-9-19(18)14-20)16-6-4-15(2)5-7-16/h8-11,13-16H,3-7,12H2,1-2H3. The molecule has 0 spiro atoms. The Kier molecular flexibility index (Phi) is 4.48. The van der Waals surface area contributed by atoms with Crippen LogP contribution in [0.3, 0.4) is 0 Å². The third-order valence-electron chi connectivity index (χ3n) is 4.80. The molecule has 0 bridgehead atoms. The lowest BCUT2D eigenvalue weighted by Gasteiger charge is -2.26. The highest BCUT2D eigenvalue weighted by molar-refractivity contribution is 5.84. The van der Waals surface area contributed by atoms with Crippen molar-refractivity contribution in [3.05, 3.63) is 42.0 Å². The van der Waals surface area contributed by atoms with E-state index in [9.17, 15) is 0 Å². The van der Waals surface area contributed by atoms with Crippen LogP contribution in [0.15, 0.2) is 36.4 Å². The second-order valence-electron chi connectivity index (χ2n) is 6.57. The molecule has 0 unspecified atom stereocenters. The van der Waals surface area contributed by atoms with Crippen LogP contribution in [0.25, 0.3) is 10.8 Å². The first kappa shape index (κ1) is 14.4. The van der Waals surface area contributed by atoms with Crippen molar-refractivity contribution in [2.45, 2.75) is 51.9 Å². The first-order valence-electron chi connectivity index (χ1n) is 8.42. The number of fused-ring (bicyclic) bond motifs is 1. The van der Waals surface area contributed by atoms with Crippen LogP contribution in [0.2, 0.25) is 0 Å². The molecule has 1 nitrogen and oxygen atoms in total. The summed E-state index contributed by atoms with van der Waals surface area (Å²) in [6.45, 7) is 5.32. The molecular weight excluding hydrogens is 256 g/mol. The van der Waals surface area contributed by atoms with Crippen molar-refractivity contribution < 1.29 is 4.74 Å². The van der Waals surface area contributed by atoms with Gasteiger partial charge in [0.05, 0.1) is 6.61 Å². The topological polar surface area (TPSA) is 9.23 Å². The lowest BCUT2D eigenvalue weighted by Crippen LogP contribution is -2.10. The van der Waals surface area contributed by atoms with Gasteiger partial charge in [0.2, 0.25) is 0 Å². The summed E-state index contributed by atoms with van der Waals surface area (Å²) in [4.78, 5) is 0. The van der Waals surface area contributed by atoms with E-state index in [0.29, 0.717) is 0 Å². The number of hydrogen-bond acceptors (Lipinski definition) is 1. The smallest absolute Gasteiger partial charge is 0.119 e. The highest BCUT2D eigenvalue weighted by atomic mass is 16.5. The Labute approximate surface area is 128 Å². The highest BCUT2D eigenvalue weighted by Gasteiger charge is 2.19. The third kappa shape index (κ3) is 3.40. The highest BCUT2D eigenvalue weighted by Crippen LogP contribution is 2.36. The molecule has 0 aliphatic heterocycles. The van der Waals surface area contributed by atoms with Crippen LogP contribution >= 0.6 is 0 Å². The first-order valence-corrected chi connectivity index (χ1v) is 8.42. The van der Waals surface area contributed by atoms with Crippen molar-refractivity contribution >= 4 is 10.8 Å². The van der Waals surface area contributed by atoms with Gasteiger partial charge in [0, 0.05) is 0 Å². The second-order valence-corrected chi connectivity index (χ2v) is 6.57. The predicted octanol–water partition coefficient (Wildman–Crippen LogP) is 5.92. The van der Waals surface area contributed by atoms with Gasteiger partial charge < -0.3 is 4.74 Å². The summed E-state index contributed by atoms with van der Waals surface area (Å²) in [6, 6.07) is 13.4. The maximum atomic E-state index is 5.72. The van der Waals surface area contributed by atoms with E-state index in [1.54, 1.807) is 0 Å². The zero-order valence-corrected chi connectivity index (χ0v) is 13.3. The Morgan fingerprint density at radius 3 is 2.43 bits per heavy atom. The van der Waals surface area contributed by atoms with Crippen molar-refractivity contribution in [2.24, 2.45) is 5.92 Å². The van der Waals surface area contributed by atoms with Crippen molar-refractivity contribution in [1.82, 2.24) is 0 Å². The maximum absolute atomic E-state index is 5.72. The molecule has 21 heavy (non-hydrogen) atoms. The molecule has 112 valence electrons. The van der Waals surface area contributed by atoms with Crippen molar-refractivity contribution in [1.29, 1.82) is 0 Å². The maximum Gasteiger partial charge on any atom is 0.119 e. The quantitative estimate of drug-likeness (QED) is 0.676. The van der Waals surface area contributed by atoms with E-state index < -0.39 is 0 Å². The number of rotatable bonds is 4. The van der Waals surface area contributed by atoms with Crippen molar-refractivity contribution in [3.63, 3.8) is 0 Å². The van der Waals surface area contributed by atoms with Crippen LogP contribution in [-0.4, -0.2) is 6.61 Å². The molecule has 0 N–H and O–H groups in total. The van der Waals surface area contributed by atoms with E-state index in [0.717, 1.165) is 30.6 Å². The molecule has 0 aromatic heterocycles. The van der Waals surface area contributed by atoms with E-state index in [-0.39, 0.29) is 0 Å². The van der Waals surface area contributed by atoms with Gasteiger partial charge in [-0.2, -0.15) is 0 Å². The van der Waals surface area contributed by atoms with Gasteiger partial charge in [-0.1, -0.05) is 51.0 Å². The molecule has 0 amide bonds. The fraction of sp³-hybridized carbons (Fsp3) is 0.500. The summed E-state index contributed by atoms with van der Waals surface area (Å²) >= 11 is 0. The molecule has 2 aromatic carbocycles. The Hall–Kier alpha value is -1.50. The SMILES string of the molecule is CCCOc1ccc2cc(C3CCC(C)CC3)ccc2c1. The molecule has 0 radical (unpaired) electrons. The van der Waals surface area contributed by atoms with Gasteiger partial charge in [-0.15, -0.1) is 0 Å². The van der Waals surface area contributed by atoms with Crippen molar-refractivity contribution in [3.8, 4) is 5.75 Å². The predicted molar refractivity (Wildman–Crippen MR) is 90.1 cm³/mol. The molecule has 2 aromatic rings. The fourth-order valence-corrected chi connectivity index (χ4v) is 3.40. The summed E-state index contributed by atoms with van der Waals surface area (Å²) in [5, 5.41) is 2.63. The van der Waals surface area contributed by atoms with E-state index >= 15 is 0 Å². The van der Waals surface area contributed by atoms with Gasteiger partial charge >= 0.3 is 0 Å². The zero-order valence-electron chi connectivity index (χ0n) is 13.3. The molecule has 1 aliphatic rings. The van der Waals surface area contributed by atoms with E-state index in [4.69, 9.17) is 4.74 Å². The van der Waals surface area contributed by atoms with Crippen LogP contribution in [0.4, 0.5) is 0 Å². The molecule has 1 saturated carbocycles. The fourth-order valence-electron chi connectivity index (χ4n) is 3.40. The van der Waals surface area contributed by atoms with Gasteiger partial charge in [0.25, 0.3) is 0 Å². The molecule has 1 aliphatic carbocycles. The van der Waals surface area contributed by atoms with Crippen LogP contribution in [0, 0.1) is 5.92 Å². The van der Waals surface area contributed by atoms with Gasteiger partial charge in [-0.05, 0) is 59.6 Å².